The zero-order valence-corrected chi connectivity index (χ0v) is 12.1. The van der Waals surface area contributed by atoms with E-state index in [2.05, 4.69) is 4.72 Å². The largest absolute Gasteiger partial charge is 0.481 e. The van der Waals surface area contributed by atoms with Crippen LogP contribution in [0.1, 0.15) is 12.0 Å². The lowest BCUT2D eigenvalue weighted by atomic mass is 10.2. The average Bonchev–Trinajstić information content (AvgIpc) is 2.38. The van der Waals surface area contributed by atoms with E-state index in [1.54, 1.807) is 0 Å². The van der Waals surface area contributed by atoms with E-state index in [4.69, 9.17) is 22.0 Å². The highest BCUT2D eigenvalue weighted by molar-refractivity contribution is 7.90. The first kappa shape index (κ1) is 16.2. The molecule has 0 fully saturated rings. The van der Waals surface area contributed by atoms with Gasteiger partial charge in [0.05, 0.1) is 28.8 Å². The van der Waals surface area contributed by atoms with Crippen LogP contribution in [-0.4, -0.2) is 37.4 Å². The first-order chi connectivity index (χ1) is 9.26. The van der Waals surface area contributed by atoms with Gasteiger partial charge in [0, 0.05) is 13.6 Å². The second-order valence-electron chi connectivity index (χ2n) is 3.88. The molecule has 0 saturated carbocycles. The van der Waals surface area contributed by atoms with Crippen molar-refractivity contribution in [3.05, 3.63) is 28.8 Å². The Morgan fingerprint density at radius 2 is 2.20 bits per heavy atom. The van der Waals surface area contributed by atoms with Crippen molar-refractivity contribution in [3.8, 4) is 6.07 Å². The van der Waals surface area contributed by atoms with Gasteiger partial charge in [-0.15, -0.1) is 0 Å². The van der Waals surface area contributed by atoms with Gasteiger partial charge in [-0.1, -0.05) is 11.6 Å². The van der Waals surface area contributed by atoms with E-state index in [9.17, 15) is 13.2 Å². The molecule has 0 aliphatic heterocycles. The fraction of sp³-hybridized carbons (Fsp3) is 0.273. The Labute approximate surface area is 121 Å². The summed E-state index contributed by atoms with van der Waals surface area (Å²) in [6.07, 6.45) is -0.316. The topological polar surface area (TPSA) is 110 Å². The van der Waals surface area contributed by atoms with Crippen molar-refractivity contribution in [3.63, 3.8) is 0 Å². The van der Waals surface area contributed by atoms with E-state index in [0.29, 0.717) is 0 Å². The molecule has 1 aromatic rings. The highest BCUT2D eigenvalue weighted by Gasteiger charge is 2.19. The minimum Gasteiger partial charge on any atom is -0.481 e. The number of nitrogens with zero attached hydrogens (tertiary/aromatic N) is 2. The van der Waals surface area contributed by atoms with E-state index < -0.39 is 16.2 Å². The van der Waals surface area contributed by atoms with Gasteiger partial charge in [-0.25, -0.2) is 0 Å². The Morgan fingerprint density at radius 1 is 1.55 bits per heavy atom. The van der Waals surface area contributed by atoms with Crippen LogP contribution in [0.2, 0.25) is 5.02 Å². The van der Waals surface area contributed by atoms with Crippen molar-refractivity contribution >= 4 is 33.5 Å². The molecule has 0 amide bonds. The van der Waals surface area contributed by atoms with Crippen LogP contribution >= 0.6 is 11.6 Å². The summed E-state index contributed by atoms with van der Waals surface area (Å²) in [4.78, 5) is 10.4. The van der Waals surface area contributed by atoms with Crippen LogP contribution < -0.4 is 4.72 Å². The summed E-state index contributed by atoms with van der Waals surface area (Å²) >= 11 is 5.84. The predicted octanol–water partition coefficient (Wildman–Crippen LogP) is 1.27. The van der Waals surface area contributed by atoms with Crippen LogP contribution in [-0.2, 0) is 15.0 Å². The van der Waals surface area contributed by atoms with E-state index >= 15 is 0 Å². The van der Waals surface area contributed by atoms with Crippen molar-refractivity contribution in [2.75, 3.05) is 18.3 Å². The third-order valence-corrected chi connectivity index (χ3v) is 4.20. The molecule has 0 saturated heterocycles. The third kappa shape index (κ3) is 4.38. The van der Waals surface area contributed by atoms with Crippen molar-refractivity contribution in [2.45, 2.75) is 6.42 Å². The molecule has 7 nitrogen and oxygen atoms in total. The number of hydrogen-bond donors (Lipinski definition) is 2. The Hall–Kier alpha value is -1.82. The molecule has 20 heavy (non-hydrogen) atoms. The minimum atomic E-state index is -3.93. The molecule has 0 aliphatic carbocycles. The van der Waals surface area contributed by atoms with Crippen molar-refractivity contribution in [2.24, 2.45) is 0 Å². The average molecular weight is 318 g/mol. The van der Waals surface area contributed by atoms with Gasteiger partial charge in [0.15, 0.2) is 0 Å². The molecule has 0 atom stereocenters. The number of benzene rings is 1. The van der Waals surface area contributed by atoms with E-state index in [0.717, 1.165) is 4.31 Å². The second-order valence-corrected chi connectivity index (χ2v) is 6.06. The summed E-state index contributed by atoms with van der Waals surface area (Å²) in [5.41, 5.74) is 0.313. The van der Waals surface area contributed by atoms with Crippen LogP contribution in [0.4, 0.5) is 5.69 Å². The molecule has 0 heterocycles. The van der Waals surface area contributed by atoms with Crippen molar-refractivity contribution in [1.82, 2.24) is 4.31 Å². The summed E-state index contributed by atoms with van der Waals surface area (Å²) in [5.74, 6) is -1.10. The van der Waals surface area contributed by atoms with Gasteiger partial charge in [0.1, 0.15) is 0 Å². The second kappa shape index (κ2) is 6.56. The first-order valence-electron chi connectivity index (χ1n) is 5.42. The number of nitriles is 1. The third-order valence-electron chi connectivity index (χ3n) is 2.39. The van der Waals surface area contributed by atoms with Gasteiger partial charge in [-0.05, 0) is 18.2 Å². The van der Waals surface area contributed by atoms with E-state index in [1.807, 2.05) is 6.07 Å². The smallest absolute Gasteiger partial charge is 0.304 e. The fourth-order valence-corrected chi connectivity index (χ4v) is 2.42. The lowest BCUT2D eigenvalue weighted by molar-refractivity contribution is -0.137. The Kier molecular flexibility index (Phi) is 5.33. The Bertz CT molecular complexity index is 654. The maximum absolute atomic E-state index is 11.9. The lowest BCUT2D eigenvalue weighted by Crippen LogP contribution is -2.34. The zero-order valence-electron chi connectivity index (χ0n) is 10.5. The SMILES string of the molecule is CN(CCC(=O)O)S(=O)(=O)Nc1cc(C#N)ccc1Cl. The maximum atomic E-state index is 11.9. The summed E-state index contributed by atoms with van der Waals surface area (Å²) in [5, 5.41) is 17.4. The summed E-state index contributed by atoms with van der Waals surface area (Å²) in [7, 11) is -2.69. The van der Waals surface area contributed by atoms with Gasteiger partial charge >= 0.3 is 16.2 Å². The minimum absolute atomic E-state index is 0.0629. The number of anilines is 1. The standard InChI is InChI=1S/C11H12ClN3O4S/c1-15(5-4-11(16)17)20(18,19)14-10-6-8(7-13)2-3-9(10)12/h2-3,6,14H,4-5H2,1H3,(H,16,17). The monoisotopic (exact) mass is 317 g/mol. The number of hydrogen-bond acceptors (Lipinski definition) is 4. The molecule has 1 rings (SSSR count). The molecule has 1 aromatic carbocycles. The summed E-state index contributed by atoms with van der Waals surface area (Å²) < 4.78 is 27.0. The Balaban J connectivity index is 2.91. The van der Waals surface area contributed by atoms with E-state index in [1.165, 1.54) is 25.2 Å². The summed E-state index contributed by atoms with van der Waals surface area (Å²) in [6.45, 7) is -0.180. The maximum Gasteiger partial charge on any atom is 0.304 e. The molecule has 0 bridgehead atoms. The molecule has 0 unspecified atom stereocenters. The zero-order chi connectivity index (χ0) is 15.3. The van der Waals surface area contributed by atoms with Gasteiger partial charge < -0.3 is 5.11 Å². The quantitative estimate of drug-likeness (QED) is 0.821. The van der Waals surface area contributed by atoms with Crippen LogP contribution in [0.3, 0.4) is 0 Å². The number of halogens is 1. The van der Waals surface area contributed by atoms with Crippen LogP contribution in [0.5, 0.6) is 0 Å². The normalized spacial score (nSPS) is 11.1. The number of carbonyl (C=O) groups is 1. The number of aliphatic carboxylic acids is 1. The van der Waals surface area contributed by atoms with Crippen molar-refractivity contribution < 1.29 is 18.3 Å². The number of rotatable bonds is 6. The van der Waals surface area contributed by atoms with Gasteiger partial charge in [-0.2, -0.15) is 18.0 Å². The number of carboxylic acids is 1. The number of carboxylic acid groups (broad SMARTS) is 1. The summed E-state index contributed by atoms with van der Waals surface area (Å²) in [6, 6.07) is 6.01. The lowest BCUT2D eigenvalue weighted by Gasteiger charge is -2.18. The van der Waals surface area contributed by atoms with Crippen LogP contribution in [0.25, 0.3) is 0 Å². The highest BCUT2D eigenvalue weighted by Crippen LogP contribution is 2.24. The highest BCUT2D eigenvalue weighted by atomic mass is 35.5. The molecule has 0 spiro atoms. The molecule has 2 N–H and O–H groups in total. The van der Waals surface area contributed by atoms with Crippen molar-refractivity contribution in [1.29, 1.82) is 5.26 Å². The first-order valence-corrected chi connectivity index (χ1v) is 7.23. The fourth-order valence-electron chi connectivity index (χ4n) is 1.26. The molecule has 9 heteroatoms. The molecule has 0 radical (unpaired) electrons. The van der Waals surface area contributed by atoms with Crippen LogP contribution in [0.15, 0.2) is 18.2 Å². The van der Waals surface area contributed by atoms with E-state index in [-0.39, 0.29) is 29.2 Å². The molecular formula is C11H12ClN3O4S. The van der Waals surface area contributed by atoms with Crippen LogP contribution in [0, 0.1) is 11.3 Å². The molecule has 0 aromatic heterocycles. The van der Waals surface area contributed by atoms with Gasteiger partial charge in [0.25, 0.3) is 0 Å². The Morgan fingerprint density at radius 3 is 2.75 bits per heavy atom. The molecule has 108 valence electrons. The molecular weight excluding hydrogens is 306 g/mol. The molecule has 0 aliphatic rings. The predicted molar refractivity (Wildman–Crippen MR) is 73.6 cm³/mol. The van der Waals surface area contributed by atoms with Gasteiger partial charge in [-0.3, -0.25) is 9.52 Å². The number of nitrogens with one attached hydrogen (secondary N) is 1. The van der Waals surface area contributed by atoms with Gasteiger partial charge in [0.2, 0.25) is 0 Å².